The van der Waals surface area contributed by atoms with E-state index in [4.69, 9.17) is 5.26 Å². The molecule has 2 N–H and O–H groups in total. The fourth-order valence-electron chi connectivity index (χ4n) is 3.12. The van der Waals surface area contributed by atoms with Crippen molar-refractivity contribution in [1.82, 2.24) is 0 Å². The number of alkyl halides is 3. The van der Waals surface area contributed by atoms with Crippen molar-refractivity contribution in [2.24, 2.45) is 0 Å². The molecule has 6 nitrogen and oxygen atoms in total. The van der Waals surface area contributed by atoms with Gasteiger partial charge < -0.3 is 10.4 Å². The molecule has 0 saturated heterocycles. The summed E-state index contributed by atoms with van der Waals surface area (Å²) in [6.45, 7) is 3.23. The number of hydrogen-bond acceptors (Lipinski definition) is 5. The van der Waals surface area contributed by atoms with Crippen molar-refractivity contribution in [3.05, 3.63) is 29.3 Å². The van der Waals surface area contributed by atoms with Gasteiger partial charge >= 0.3 is 6.18 Å². The molecular weight excluding hydrogens is 445 g/mol. The molecular formula is C22H31F3N2O4S. The monoisotopic (exact) mass is 476 g/mol. The smallest absolute Gasteiger partial charge is 0.380 e. The lowest BCUT2D eigenvalue weighted by Crippen LogP contribution is -2.40. The lowest BCUT2D eigenvalue weighted by atomic mass is 9.96. The minimum absolute atomic E-state index is 0.107. The maximum Gasteiger partial charge on any atom is 0.417 e. The van der Waals surface area contributed by atoms with Crippen LogP contribution in [-0.2, 0) is 20.8 Å². The summed E-state index contributed by atoms with van der Waals surface area (Å²) in [4.78, 5) is 12.3. The van der Waals surface area contributed by atoms with Gasteiger partial charge in [0.25, 0.3) is 5.91 Å². The molecule has 0 aliphatic rings. The largest absolute Gasteiger partial charge is 0.417 e. The minimum atomic E-state index is -4.75. The molecule has 1 amide bonds. The molecule has 0 aliphatic carbocycles. The highest BCUT2D eigenvalue weighted by Crippen LogP contribution is 2.33. The summed E-state index contributed by atoms with van der Waals surface area (Å²) in [5.74, 6) is -0.458. The Morgan fingerprint density at radius 1 is 1.09 bits per heavy atom. The molecule has 0 unspecified atom stereocenters. The highest BCUT2D eigenvalue weighted by atomic mass is 32.2. The van der Waals surface area contributed by atoms with E-state index in [-0.39, 0.29) is 23.6 Å². The number of hydrogen-bond donors (Lipinski definition) is 2. The summed E-state index contributed by atoms with van der Waals surface area (Å²) in [5, 5.41) is 21.5. The number of carbonyl (C=O) groups is 1. The van der Waals surface area contributed by atoms with Gasteiger partial charge in [-0.25, -0.2) is 8.42 Å². The summed E-state index contributed by atoms with van der Waals surface area (Å²) >= 11 is 0. The number of amides is 1. The molecule has 180 valence electrons. The van der Waals surface area contributed by atoms with E-state index >= 15 is 0 Å². The standard InChI is InChI=1S/C22H31F3N2O4S/c1-3-4-13-32(30,31)14-9-7-5-6-8-12-21(2,29)20(28)27-18-11-10-17(16-26)19(15-18)22(23,24)25/h10-11,15,29H,3-9,12-14H2,1-2H3,(H,27,28)/t21-/m0/s1. The second-order valence-corrected chi connectivity index (χ2v) is 10.4. The van der Waals surface area contributed by atoms with Gasteiger partial charge in [0.15, 0.2) is 0 Å². The summed E-state index contributed by atoms with van der Waals surface area (Å²) in [6.07, 6.45) is 0.109. The van der Waals surface area contributed by atoms with Crippen LogP contribution in [-0.4, -0.2) is 36.5 Å². The first-order valence-corrected chi connectivity index (χ1v) is 12.5. The van der Waals surface area contributed by atoms with Crippen LogP contribution in [0.5, 0.6) is 0 Å². The van der Waals surface area contributed by atoms with E-state index in [0.29, 0.717) is 31.7 Å². The number of halogens is 3. The van der Waals surface area contributed by atoms with Gasteiger partial charge in [-0.2, -0.15) is 18.4 Å². The van der Waals surface area contributed by atoms with Crippen molar-refractivity contribution >= 4 is 21.4 Å². The van der Waals surface area contributed by atoms with Crippen LogP contribution in [0.4, 0.5) is 18.9 Å². The van der Waals surface area contributed by atoms with Crippen LogP contribution < -0.4 is 5.32 Å². The Morgan fingerprint density at radius 3 is 2.28 bits per heavy atom. The predicted molar refractivity (Wildman–Crippen MR) is 117 cm³/mol. The molecule has 1 aromatic rings. The zero-order valence-corrected chi connectivity index (χ0v) is 19.3. The van der Waals surface area contributed by atoms with Crippen molar-refractivity contribution in [1.29, 1.82) is 5.26 Å². The van der Waals surface area contributed by atoms with Crippen LogP contribution >= 0.6 is 0 Å². The molecule has 1 aromatic carbocycles. The number of unbranched alkanes of at least 4 members (excludes halogenated alkanes) is 5. The fourth-order valence-corrected chi connectivity index (χ4v) is 4.70. The molecule has 1 rings (SSSR count). The third-order valence-electron chi connectivity index (χ3n) is 5.12. The van der Waals surface area contributed by atoms with Crippen LogP contribution in [0, 0.1) is 11.3 Å². The minimum Gasteiger partial charge on any atom is -0.380 e. The zero-order valence-electron chi connectivity index (χ0n) is 18.5. The van der Waals surface area contributed by atoms with Gasteiger partial charge in [-0.3, -0.25) is 4.79 Å². The first-order chi connectivity index (χ1) is 14.8. The number of benzene rings is 1. The SMILES string of the molecule is CCCCS(=O)(=O)CCCCCCC[C@](C)(O)C(=O)Nc1ccc(C#N)c(C(F)(F)F)c1. The number of aliphatic hydroxyl groups is 1. The van der Waals surface area contributed by atoms with Crippen LogP contribution in [0.3, 0.4) is 0 Å². The molecule has 0 fully saturated rings. The Morgan fingerprint density at radius 2 is 1.69 bits per heavy atom. The van der Waals surface area contributed by atoms with Crippen LogP contribution in [0.15, 0.2) is 18.2 Å². The summed E-state index contributed by atoms with van der Waals surface area (Å²) in [7, 11) is -3.00. The Labute approximate surface area is 187 Å². The Balaban J connectivity index is 2.48. The highest BCUT2D eigenvalue weighted by Gasteiger charge is 2.35. The number of nitrogens with zero attached hydrogens (tertiary/aromatic N) is 1. The molecule has 0 saturated carbocycles. The van der Waals surface area contributed by atoms with E-state index in [1.165, 1.54) is 19.1 Å². The molecule has 1 atom stereocenters. The van der Waals surface area contributed by atoms with Gasteiger partial charge in [0.05, 0.1) is 28.7 Å². The molecule has 0 spiro atoms. The van der Waals surface area contributed by atoms with E-state index in [9.17, 15) is 31.5 Å². The van der Waals surface area contributed by atoms with Crippen molar-refractivity contribution in [2.75, 3.05) is 16.8 Å². The number of nitrogens with one attached hydrogen (secondary N) is 1. The third kappa shape index (κ3) is 9.57. The van der Waals surface area contributed by atoms with E-state index in [2.05, 4.69) is 5.32 Å². The van der Waals surface area contributed by atoms with Gasteiger partial charge in [-0.1, -0.05) is 39.0 Å². The Hall–Kier alpha value is -2.12. The Bertz CT molecular complexity index is 907. The number of rotatable bonds is 13. The summed E-state index contributed by atoms with van der Waals surface area (Å²) < 4.78 is 62.7. The van der Waals surface area contributed by atoms with E-state index < -0.39 is 38.6 Å². The number of nitriles is 1. The van der Waals surface area contributed by atoms with Gasteiger partial charge in [-0.05, 0) is 44.4 Å². The van der Waals surface area contributed by atoms with Crippen molar-refractivity contribution in [3.63, 3.8) is 0 Å². The topological polar surface area (TPSA) is 107 Å². The van der Waals surface area contributed by atoms with Crippen LogP contribution in [0.2, 0.25) is 0 Å². The number of anilines is 1. The predicted octanol–water partition coefficient (Wildman–Crippen LogP) is 4.82. The van der Waals surface area contributed by atoms with E-state index in [0.717, 1.165) is 25.3 Å². The quantitative estimate of drug-likeness (QED) is 0.397. The van der Waals surface area contributed by atoms with E-state index in [1.54, 1.807) is 0 Å². The van der Waals surface area contributed by atoms with Gasteiger partial charge in [0.1, 0.15) is 15.4 Å². The summed E-state index contributed by atoms with van der Waals surface area (Å²) in [6, 6.07) is 4.28. The maximum atomic E-state index is 13.1. The molecule has 0 aromatic heterocycles. The lowest BCUT2D eigenvalue weighted by Gasteiger charge is -2.22. The first-order valence-electron chi connectivity index (χ1n) is 10.7. The normalized spacial score (nSPS) is 13.9. The van der Waals surface area contributed by atoms with Crippen LogP contribution in [0.1, 0.15) is 76.3 Å². The molecule has 10 heteroatoms. The third-order valence-corrected chi connectivity index (χ3v) is 6.94. The average Bonchev–Trinajstić information content (AvgIpc) is 2.70. The summed E-state index contributed by atoms with van der Waals surface area (Å²) in [5.41, 5.74) is -3.66. The molecule has 32 heavy (non-hydrogen) atoms. The fraction of sp³-hybridized carbons (Fsp3) is 0.636. The molecule has 0 aliphatic heterocycles. The van der Waals surface area contributed by atoms with Gasteiger partial charge in [0, 0.05) is 5.69 Å². The zero-order chi connectivity index (χ0) is 24.4. The second-order valence-electron chi connectivity index (χ2n) is 8.12. The van der Waals surface area contributed by atoms with Crippen LogP contribution in [0.25, 0.3) is 0 Å². The maximum absolute atomic E-state index is 13.1. The average molecular weight is 477 g/mol. The number of carbonyl (C=O) groups excluding carboxylic acids is 1. The van der Waals surface area contributed by atoms with Crippen molar-refractivity contribution in [2.45, 2.75) is 77.0 Å². The van der Waals surface area contributed by atoms with Crippen molar-refractivity contribution in [3.8, 4) is 6.07 Å². The molecule has 0 bridgehead atoms. The van der Waals surface area contributed by atoms with Crippen molar-refractivity contribution < 1.29 is 31.5 Å². The first kappa shape index (κ1) is 27.9. The highest BCUT2D eigenvalue weighted by molar-refractivity contribution is 7.91. The van der Waals surface area contributed by atoms with Gasteiger partial charge in [0.2, 0.25) is 0 Å². The number of sulfone groups is 1. The molecule has 0 heterocycles. The lowest BCUT2D eigenvalue weighted by molar-refractivity contribution is -0.138. The molecule has 0 radical (unpaired) electrons. The Kier molecular flexibility index (Phi) is 10.6. The second kappa shape index (κ2) is 12.2. The van der Waals surface area contributed by atoms with Gasteiger partial charge in [-0.15, -0.1) is 0 Å². The van der Waals surface area contributed by atoms with E-state index in [1.807, 2.05) is 6.92 Å².